The van der Waals surface area contributed by atoms with Crippen LogP contribution in [-0.4, -0.2) is 28.9 Å². The molecule has 1 aromatic rings. The van der Waals surface area contributed by atoms with Gasteiger partial charge in [-0.3, -0.25) is 0 Å². The van der Waals surface area contributed by atoms with Crippen LogP contribution in [-0.2, 0) is 5.60 Å². The minimum absolute atomic E-state index is 0.457. The Bertz CT molecular complexity index is 363. The van der Waals surface area contributed by atoms with Crippen molar-refractivity contribution in [1.29, 1.82) is 0 Å². The maximum Gasteiger partial charge on any atom is 0.141 e. The van der Waals surface area contributed by atoms with Crippen molar-refractivity contribution in [1.82, 2.24) is 0 Å². The van der Waals surface area contributed by atoms with E-state index in [1.54, 1.807) is 6.92 Å². The summed E-state index contributed by atoms with van der Waals surface area (Å²) in [7, 11) is 3.90. The van der Waals surface area contributed by atoms with Gasteiger partial charge in [0.15, 0.2) is 0 Å². The number of quaternary nitrogens is 1. The zero-order valence-electron chi connectivity index (χ0n) is 9.61. The van der Waals surface area contributed by atoms with Crippen LogP contribution in [0.4, 0.5) is 0 Å². The molecule has 0 aliphatic carbocycles. The fraction of sp³-hybridized carbons (Fsp3) is 0.462. The van der Waals surface area contributed by atoms with E-state index in [2.05, 4.69) is 7.05 Å². The number of benzene rings is 1. The van der Waals surface area contributed by atoms with Crippen molar-refractivity contribution in [3.8, 4) is 0 Å². The van der Waals surface area contributed by atoms with E-state index in [9.17, 15) is 10.2 Å². The lowest BCUT2D eigenvalue weighted by Gasteiger charge is -2.48. The number of piperidine rings is 1. The van der Waals surface area contributed by atoms with Gasteiger partial charge in [0.2, 0.25) is 0 Å². The lowest BCUT2D eigenvalue weighted by atomic mass is 9.73. The van der Waals surface area contributed by atoms with Gasteiger partial charge in [0.05, 0.1) is 13.1 Å². The molecule has 1 fully saturated rings. The smallest absolute Gasteiger partial charge is 0.141 e. The third-order valence-corrected chi connectivity index (χ3v) is 3.58. The monoisotopic (exact) mass is 221 g/mol. The van der Waals surface area contributed by atoms with Gasteiger partial charge in [-0.15, -0.1) is 0 Å². The number of rotatable bonds is 1. The first-order valence-corrected chi connectivity index (χ1v) is 5.63. The molecule has 1 aliphatic heterocycles. The van der Waals surface area contributed by atoms with Crippen LogP contribution in [0, 0.1) is 7.05 Å². The van der Waals surface area contributed by atoms with E-state index < -0.39 is 11.2 Å². The van der Waals surface area contributed by atoms with Gasteiger partial charge >= 0.3 is 0 Å². The average Bonchev–Trinajstić information content (AvgIpc) is 2.25. The molecule has 16 heavy (non-hydrogen) atoms. The number of likely N-dealkylation sites (tertiary alicyclic amines) is 1. The molecule has 88 valence electrons. The SMILES string of the molecule is [CH2-][NH+]1CCC(O)(c2ccccc2)C(C)(O)C1. The molecule has 3 heteroatoms. The van der Waals surface area contributed by atoms with Crippen molar-refractivity contribution in [3.63, 3.8) is 0 Å². The second-order valence-electron chi connectivity index (χ2n) is 4.93. The first-order chi connectivity index (χ1) is 7.46. The number of nitrogens with one attached hydrogen (secondary N) is 1. The van der Waals surface area contributed by atoms with Crippen molar-refractivity contribution in [2.45, 2.75) is 24.5 Å². The van der Waals surface area contributed by atoms with Crippen LogP contribution in [0.25, 0.3) is 0 Å². The molecule has 1 heterocycles. The normalized spacial score (nSPS) is 39.6. The summed E-state index contributed by atoms with van der Waals surface area (Å²) in [5.74, 6) is 0. The summed E-state index contributed by atoms with van der Waals surface area (Å²) >= 11 is 0. The zero-order valence-corrected chi connectivity index (χ0v) is 9.61. The van der Waals surface area contributed by atoms with Gasteiger partial charge in [-0.2, -0.15) is 7.05 Å². The van der Waals surface area contributed by atoms with Crippen molar-refractivity contribution >= 4 is 0 Å². The highest BCUT2D eigenvalue weighted by atomic mass is 16.4. The molecule has 0 amide bonds. The molecular weight excluding hydrogens is 202 g/mol. The summed E-state index contributed by atoms with van der Waals surface area (Å²) in [5.41, 5.74) is -1.51. The lowest BCUT2D eigenvalue weighted by Crippen LogP contribution is -3.11. The first-order valence-electron chi connectivity index (χ1n) is 5.63. The van der Waals surface area contributed by atoms with Crippen LogP contribution < -0.4 is 4.90 Å². The highest BCUT2D eigenvalue weighted by Gasteiger charge is 2.51. The molecule has 0 bridgehead atoms. The molecule has 1 aromatic carbocycles. The fourth-order valence-corrected chi connectivity index (χ4v) is 2.52. The molecule has 3 nitrogen and oxygen atoms in total. The fourth-order valence-electron chi connectivity index (χ4n) is 2.52. The Morgan fingerprint density at radius 2 is 1.88 bits per heavy atom. The van der Waals surface area contributed by atoms with E-state index in [0.717, 1.165) is 17.0 Å². The van der Waals surface area contributed by atoms with Gasteiger partial charge in [-0.05, 0) is 12.5 Å². The van der Waals surface area contributed by atoms with E-state index >= 15 is 0 Å². The zero-order chi connectivity index (χ0) is 11.8. The third kappa shape index (κ3) is 1.75. The predicted molar refractivity (Wildman–Crippen MR) is 61.6 cm³/mol. The highest BCUT2D eigenvalue weighted by Crippen LogP contribution is 2.36. The molecular formula is C13H19NO2. The van der Waals surface area contributed by atoms with Crippen molar-refractivity contribution in [2.24, 2.45) is 0 Å². The first kappa shape index (κ1) is 11.6. The van der Waals surface area contributed by atoms with Crippen LogP contribution in [0.2, 0.25) is 0 Å². The van der Waals surface area contributed by atoms with Crippen LogP contribution >= 0.6 is 0 Å². The Hall–Kier alpha value is -0.900. The summed E-state index contributed by atoms with van der Waals surface area (Å²) in [6, 6.07) is 9.40. The second-order valence-corrected chi connectivity index (χ2v) is 4.93. The van der Waals surface area contributed by atoms with E-state index in [0.29, 0.717) is 13.0 Å². The number of hydrogen-bond donors (Lipinski definition) is 3. The summed E-state index contributed by atoms with van der Waals surface area (Å²) in [6.07, 6.45) is 0.531. The second kappa shape index (κ2) is 3.84. The minimum atomic E-state index is -1.16. The predicted octanol–water partition coefficient (Wildman–Crippen LogP) is -0.295. The lowest BCUT2D eigenvalue weighted by molar-refractivity contribution is -0.872. The maximum absolute atomic E-state index is 10.7. The van der Waals surface area contributed by atoms with Crippen LogP contribution in [0.15, 0.2) is 30.3 Å². The summed E-state index contributed by atoms with van der Waals surface area (Å²) in [6.45, 7) is 2.91. The summed E-state index contributed by atoms with van der Waals surface area (Å²) < 4.78 is 0. The molecule has 0 saturated carbocycles. The highest BCUT2D eigenvalue weighted by molar-refractivity contribution is 5.26. The van der Waals surface area contributed by atoms with Crippen LogP contribution in [0.5, 0.6) is 0 Å². The topological polar surface area (TPSA) is 44.9 Å². The maximum atomic E-state index is 10.7. The van der Waals surface area contributed by atoms with Gasteiger partial charge < -0.3 is 15.1 Å². The molecule has 1 saturated heterocycles. The van der Waals surface area contributed by atoms with Gasteiger partial charge in [-0.1, -0.05) is 30.3 Å². The summed E-state index contributed by atoms with van der Waals surface area (Å²) in [5, 5.41) is 21.1. The van der Waals surface area contributed by atoms with Crippen LogP contribution in [0.1, 0.15) is 18.9 Å². The molecule has 2 rings (SSSR count). The Morgan fingerprint density at radius 1 is 1.25 bits per heavy atom. The number of hydrogen-bond acceptors (Lipinski definition) is 2. The molecule has 3 atom stereocenters. The van der Waals surface area contributed by atoms with E-state index in [4.69, 9.17) is 0 Å². The molecule has 0 aromatic heterocycles. The van der Waals surface area contributed by atoms with Crippen LogP contribution in [0.3, 0.4) is 0 Å². The Morgan fingerprint density at radius 3 is 2.44 bits per heavy atom. The number of aliphatic hydroxyl groups is 2. The average molecular weight is 221 g/mol. The van der Waals surface area contributed by atoms with E-state index in [1.807, 2.05) is 30.3 Å². The Kier molecular flexibility index (Phi) is 2.78. The molecule has 0 spiro atoms. The van der Waals surface area contributed by atoms with Gasteiger partial charge in [0.1, 0.15) is 11.2 Å². The van der Waals surface area contributed by atoms with E-state index in [-0.39, 0.29) is 0 Å². The van der Waals surface area contributed by atoms with E-state index in [1.165, 1.54) is 0 Å². The van der Waals surface area contributed by atoms with Gasteiger partial charge in [0, 0.05) is 6.42 Å². The molecule has 0 radical (unpaired) electrons. The molecule has 3 N–H and O–H groups in total. The standard InChI is InChI=1S/C13H19NO2/c1-12(15)10-14(2)9-8-13(12,16)11-6-4-3-5-7-11/h3-7,14-16H,2,8-10H2,1H3. The Balaban J connectivity index is 2.37. The van der Waals surface area contributed by atoms with Gasteiger partial charge in [-0.25, -0.2) is 0 Å². The molecule has 3 unspecified atom stereocenters. The van der Waals surface area contributed by atoms with Crippen molar-refractivity contribution < 1.29 is 15.1 Å². The van der Waals surface area contributed by atoms with Gasteiger partial charge in [0.25, 0.3) is 0 Å². The Labute approximate surface area is 96.3 Å². The summed E-state index contributed by atoms with van der Waals surface area (Å²) in [4.78, 5) is 1.01. The largest absolute Gasteiger partial charge is 0.465 e. The minimum Gasteiger partial charge on any atom is -0.465 e. The van der Waals surface area contributed by atoms with Crippen molar-refractivity contribution in [2.75, 3.05) is 13.1 Å². The third-order valence-electron chi connectivity index (χ3n) is 3.58. The van der Waals surface area contributed by atoms with Crippen molar-refractivity contribution in [3.05, 3.63) is 42.9 Å². The quantitative estimate of drug-likeness (QED) is 0.570. The molecule has 1 aliphatic rings.